The Labute approximate surface area is 161 Å². The molecule has 0 fully saturated rings. The number of aromatic carboxylic acids is 1. The molecule has 0 bridgehead atoms. The number of carbonyl (C=O) groups is 1. The van der Waals surface area contributed by atoms with Gasteiger partial charge in [0.15, 0.2) is 5.58 Å². The van der Waals surface area contributed by atoms with E-state index in [2.05, 4.69) is 20.9 Å². The average molecular weight is 371 g/mol. The van der Waals surface area contributed by atoms with E-state index in [9.17, 15) is 9.90 Å². The number of benzene rings is 2. The highest BCUT2D eigenvalue weighted by Gasteiger charge is 2.23. The minimum Gasteiger partial charge on any atom is -0.478 e. The SMILES string of the molecule is O=C(O)c1cc(N2CCCc3ccccc32)ncc1-c1nc2ccccc2o1. The first-order valence-corrected chi connectivity index (χ1v) is 9.15. The van der Waals surface area contributed by atoms with Crippen molar-refractivity contribution in [3.63, 3.8) is 0 Å². The van der Waals surface area contributed by atoms with Gasteiger partial charge in [-0.05, 0) is 42.7 Å². The molecule has 2 aromatic heterocycles. The number of aryl methyl sites for hydroxylation is 1. The van der Waals surface area contributed by atoms with E-state index >= 15 is 0 Å². The van der Waals surface area contributed by atoms with Crippen LogP contribution in [0.15, 0.2) is 65.2 Å². The lowest BCUT2D eigenvalue weighted by Crippen LogP contribution is -2.25. The summed E-state index contributed by atoms with van der Waals surface area (Å²) in [6.07, 6.45) is 3.55. The molecule has 1 aliphatic heterocycles. The zero-order valence-corrected chi connectivity index (χ0v) is 15.0. The van der Waals surface area contributed by atoms with Crippen molar-refractivity contribution in [1.29, 1.82) is 0 Å². The van der Waals surface area contributed by atoms with Gasteiger partial charge in [-0.2, -0.15) is 0 Å². The standard InChI is InChI=1S/C22H17N3O3/c26-22(27)15-12-20(25-11-5-7-14-6-1-3-9-18(14)25)23-13-16(15)21-24-17-8-2-4-10-19(17)28-21/h1-4,6,8-10,12-13H,5,7,11H2,(H,26,27). The number of pyridine rings is 1. The molecule has 0 spiro atoms. The summed E-state index contributed by atoms with van der Waals surface area (Å²) in [5.41, 5.74) is 4.12. The zero-order chi connectivity index (χ0) is 19.1. The maximum atomic E-state index is 12.0. The van der Waals surface area contributed by atoms with Gasteiger partial charge in [0, 0.05) is 18.4 Å². The molecular weight excluding hydrogens is 354 g/mol. The van der Waals surface area contributed by atoms with E-state index in [1.807, 2.05) is 36.4 Å². The molecule has 6 heteroatoms. The molecular formula is C22H17N3O3. The van der Waals surface area contributed by atoms with Gasteiger partial charge < -0.3 is 14.4 Å². The van der Waals surface area contributed by atoms with Crippen LogP contribution in [-0.4, -0.2) is 27.6 Å². The molecule has 138 valence electrons. The zero-order valence-electron chi connectivity index (χ0n) is 15.0. The van der Waals surface area contributed by atoms with Gasteiger partial charge in [0.2, 0.25) is 5.89 Å². The first-order valence-electron chi connectivity index (χ1n) is 9.15. The summed E-state index contributed by atoms with van der Waals surface area (Å²) in [5, 5.41) is 9.80. The molecule has 0 atom stereocenters. The Balaban J connectivity index is 1.62. The summed E-state index contributed by atoms with van der Waals surface area (Å²) in [7, 11) is 0. The summed E-state index contributed by atoms with van der Waals surface area (Å²) in [6.45, 7) is 0.797. The second kappa shape index (κ2) is 6.49. The number of carboxylic acid groups (broad SMARTS) is 1. The maximum Gasteiger partial charge on any atom is 0.336 e. The molecule has 4 aromatic rings. The predicted octanol–water partition coefficient (Wildman–Crippen LogP) is 4.67. The molecule has 5 rings (SSSR count). The Bertz CT molecular complexity index is 1170. The van der Waals surface area contributed by atoms with Crippen LogP contribution < -0.4 is 4.90 Å². The van der Waals surface area contributed by atoms with Crippen LogP contribution in [0.2, 0.25) is 0 Å². The molecule has 2 aromatic carbocycles. The number of carboxylic acids is 1. The van der Waals surface area contributed by atoms with Crippen LogP contribution in [0.4, 0.5) is 11.5 Å². The van der Waals surface area contributed by atoms with Gasteiger partial charge in [-0.25, -0.2) is 14.8 Å². The first-order chi connectivity index (χ1) is 13.7. The van der Waals surface area contributed by atoms with Crippen LogP contribution in [0.5, 0.6) is 0 Å². The monoisotopic (exact) mass is 371 g/mol. The summed E-state index contributed by atoms with van der Waals surface area (Å²) in [5.74, 6) is -0.160. The lowest BCUT2D eigenvalue weighted by atomic mass is 10.0. The van der Waals surface area contributed by atoms with E-state index in [-0.39, 0.29) is 11.5 Å². The number of anilines is 2. The van der Waals surface area contributed by atoms with Crippen LogP contribution >= 0.6 is 0 Å². The van der Waals surface area contributed by atoms with Gasteiger partial charge in [0.25, 0.3) is 0 Å². The Kier molecular flexibility index (Phi) is 3.83. The summed E-state index contributed by atoms with van der Waals surface area (Å²) in [4.78, 5) is 23.0. The Morgan fingerprint density at radius 2 is 1.93 bits per heavy atom. The highest BCUT2D eigenvalue weighted by atomic mass is 16.4. The molecule has 6 nitrogen and oxygen atoms in total. The third kappa shape index (κ3) is 2.70. The van der Waals surface area contributed by atoms with Crippen LogP contribution in [0, 0.1) is 0 Å². The topological polar surface area (TPSA) is 79.5 Å². The molecule has 0 aliphatic carbocycles. The van der Waals surface area contributed by atoms with Crippen molar-refractivity contribution in [2.45, 2.75) is 12.8 Å². The number of hydrogen-bond acceptors (Lipinski definition) is 5. The third-order valence-corrected chi connectivity index (χ3v) is 5.03. The fraction of sp³-hybridized carbons (Fsp3) is 0.136. The van der Waals surface area contributed by atoms with Crippen molar-refractivity contribution in [1.82, 2.24) is 9.97 Å². The summed E-state index contributed by atoms with van der Waals surface area (Å²) in [6, 6.07) is 17.1. The minimum absolute atomic E-state index is 0.125. The van der Waals surface area contributed by atoms with Gasteiger partial charge in [-0.3, -0.25) is 0 Å². The highest BCUT2D eigenvalue weighted by molar-refractivity contribution is 5.96. The Morgan fingerprint density at radius 3 is 2.79 bits per heavy atom. The maximum absolute atomic E-state index is 12.0. The Hall–Kier alpha value is -3.67. The van der Waals surface area contributed by atoms with Gasteiger partial charge in [-0.1, -0.05) is 30.3 Å². The van der Waals surface area contributed by atoms with Crippen molar-refractivity contribution >= 4 is 28.6 Å². The lowest BCUT2D eigenvalue weighted by Gasteiger charge is -2.30. The predicted molar refractivity (Wildman–Crippen MR) is 106 cm³/mol. The molecule has 0 amide bonds. The van der Waals surface area contributed by atoms with E-state index in [1.54, 1.807) is 18.3 Å². The summed E-state index contributed by atoms with van der Waals surface area (Å²) >= 11 is 0. The number of hydrogen-bond donors (Lipinski definition) is 1. The van der Waals surface area contributed by atoms with E-state index in [0.717, 1.165) is 25.1 Å². The molecule has 1 aliphatic rings. The van der Waals surface area contributed by atoms with E-state index in [1.165, 1.54) is 5.56 Å². The first kappa shape index (κ1) is 16.5. The van der Waals surface area contributed by atoms with Gasteiger partial charge >= 0.3 is 5.97 Å². The van der Waals surface area contributed by atoms with E-state index in [4.69, 9.17) is 4.42 Å². The van der Waals surface area contributed by atoms with Crippen LogP contribution in [0.3, 0.4) is 0 Å². The fourth-order valence-electron chi connectivity index (χ4n) is 3.70. The van der Waals surface area contributed by atoms with Crippen LogP contribution in [-0.2, 0) is 6.42 Å². The second-order valence-corrected chi connectivity index (χ2v) is 6.76. The van der Waals surface area contributed by atoms with Crippen molar-refractivity contribution in [3.05, 3.63) is 71.9 Å². The van der Waals surface area contributed by atoms with E-state index < -0.39 is 5.97 Å². The van der Waals surface area contributed by atoms with Crippen molar-refractivity contribution in [3.8, 4) is 11.5 Å². The number of fused-ring (bicyclic) bond motifs is 2. The minimum atomic E-state index is -1.04. The van der Waals surface area contributed by atoms with Crippen molar-refractivity contribution in [2.24, 2.45) is 0 Å². The molecule has 0 unspecified atom stereocenters. The van der Waals surface area contributed by atoms with Gasteiger partial charge in [-0.15, -0.1) is 0 Å². The van der Waals surface area contributed by atoms with E-state index in [0.29, 0.717) is 22.5 Å². The van der Waals surface area contributed by atoms with Crippen molar-refractivity contribution < 1.29 is 14.3 Å². The van der Waals surface area contributed by atoms with Crippen LogP contribution in [0.25, 0.3) is 22.6 Å². The normalized spacial score (nSPS) is 13.5. The fourth-order valence-corrected chi connectivity index (χ4v) is 3.70. The Morgan fingerprint density at radius 1 is 1.11 bits per heavy atom. The summed E-state index contributed by atoms with van der Waals surface area (Å²) < 4.78 is 5.76. The second-order valence-electron chi connectivity index (χ2n) is 6.76. The van der Waals surface area contributed by atoms with Gasteiger partial charge in [0.1, 0.15) is 11.3 Å². The highest BCUT2D eigenvalue weighted by Crippen LogP contribution is 2.34. The van der Waals surface area contributed by atoms with Crippen LogP contribution in [0.1, 0.15) is 22.3 Å². The number of aromatic nitrogens is 2. The number of para-hydroxylation sites is 3. The van der Waals surface area contributed by atoms with Gasteiger partial charge in [0.05, 0.1) is 11.1 Å². The number of nitrogens with zero attached hydrogens (tertiary/aromatic N) is 3. The smallest absolute Gasteiger partial charge is 0.336 e. The largest absolute Gasteiger partial charge is 0.478 e. The third-order valence-electron chi connectivity index (χ3n) is 5.03. The number of rotatable bonds is 3. The average Bonchev–Trinajstić information content (AvgIpc) is 3.17. The molecule has 0 saturated carbocycles. The molecule has 0 radical (unpaired) electrons. The lowest BCUT2D eigenvalue weighted by molar-refractivity contribution is 0.0697. The molecule has 0 saturated heterocycles. The molecule has 28 heavy (non-hydrogen) atoms. The molecule has 1 N–H and O–H groups in total. The number of oxazole rings is 1. The van der Waals surface area contributed by atoms with Crippen molar-refractivity contribution in [2.75, 3.05) is 11.4 Å². The quantitative estimate of drug-likeness (QED) is 0.564. The molecule has 3 heterocycles.